The predicted octanol–water partition coefficient (Wildman–Crippen LogP) is 2.89. The van der Waals surface area contributed by atoms with Gasteiger partial charge in [0, 0.05) is 28.2 Å². The van der Waals surface area contributed by atoms with E-state index in [1.807, 2.05) is 33.8 Å². The van der Waals surface area contributed by atoms with Crippen LogP contribution >= 0.6 is 0 Å². The molecule has 0 aliphatic heterocycles. The highest BCUT2D eigenvalue weighted by atomic mass is 16.1. The van der Waals surface area contributed by atoms with Crippen LogP contribution in [0.4, 0.5) is 0 Å². The SMILES string of the molecule is CCC1(NC(=O)Cc2c(C)nn(-c3nc(C)cc(C)n3)c2C)CCC1. The van der Waals surface area contributed by atoms with Gasteiger partial charge in [0.25, 0.3) is 5.95 Å². The second kappa shape index (κ2) is 6.58. The van der Waals surface area contributed by atoms with E-state index in [1.54, 1.807) is 4.68 Å². The fourth-order valence-corrected chi connectivity index (χ4v) is 3.60. The molecule has 1 fully saturated rings. The smallest absolute Gasteiger partial charge is 0.251 e. The van der Waals surface area contributed by atoms with Gasteiger partial charge in [0.1, 0.15) is 0 Å². The average Bonchev–Trinajstić information content (AvgIpc) is 2.78. The minimum Gasteiger partial charge on any atom is -0.350 e. The van der Waals surface area contributed by atoms with Gasteiger partial charge in [-0.1, -0.05) is 6.92 Å². The third-order valence-corrected chi connectivity index (χ3v) is 5.33. The number of aromatic nitrogens is 4. The molecule has 1 saturated carbocycles. The third-order valence-electron chi connectivity index (χ3n) is 5.33. The molecule has 3 rings (SSSR count). The first-order valence-electron chi connectivity index (χ1n) is 9.02. The molecular formula is C19H27N5O. The molecule has 0 radical (unpaired) electrons. The first-order valence-corrected chi connectivity index (χ1v) is 9.02. The molecule has 0 atom stereocenters. The maximum atomic E-state index is 12.6. The molecule has 2 heterocycles. The summed E-state index contributed by atoms with van der Waals surface area (Å²) >= 11 is 0. The zero-order valence-corrected chi connectivity index (χ0v) is 15.8. The van der Waals surface area contributed by atoms with Crippen LogP contribution in [-0.4, -0.2) is 31.2 Å². The summed E-state index contributed by atoms with van der Waals surface area (Å²) in [6.45, 7) is 9.95. The summed E-state index contributed by atoms with van der Waals surface area (Å²) in [5.41, 5.74) is 4.58. The van der Waals surface area contributed by atoms with Crippen molar-refractivity contribution in [3.63, 3.8) is 0 Å². The number of carbonyl (C=O) groups is 1. The van der Waals surface area contributed by atoms with Crippen molar-refractivity contribution in [1.82, 2.24) is 25.1 Å². The first-order chi connectivity index (χ1) is 11.8. The normalized spacial score (nSPS) is 15.7. The van der Waals surface area contributed by atoms with Gasteiger partial charge in [0.05, 0.1) is 12.1 Å². The molecule has 1 aliphatic carbocycles. The van der Waals surface area contributed by atoms with Gasteiger partial charge in [-0.25, -0.2) is 14.6 Å². The highest BCUT2D eigenvalue weighted by Crippen LogP contribution is 2.34. The molecule has 1 aliphatic rings. The monoisotopic (exact) mass is 341 g/mol. The first kappa shape index (κ1) is 17.6. The summed E-state index contributed by atoms with van der Waals surface area (Å²) in [5.74, 6) is 0.641. The Labute approximate surface area is 149 Å². The lowest BCUT2D eigenvalue weighted by Crippen LogP contribution is -2.53. The largest absolute Gasteiger partial charge is 0.350 e. The van der Waals surface area contributed by atoms with Gasteiger partial charge in [-0.2, -0.15) is 5.10 Å². The molecule has 0 saturated heterocycles. The van der Waals surface area contributed by atoms with E-state index in [4.69, 9.17) is 0 Å². The predicted molar refractivity (Wildman–Crippen MR) is 96.8 cm³/mol. The van der Waals surface area contributed by atoms with Crippen LogP contribution in [0.2, 0.25) is 0 Å². The van der Waals surface area contributed by atoms with Gasteiger partial charge >= 0.3 is 0 Å². The number of hydrogen-bond acceptors (Lipinski definition) is 4. The maximum absolute atomic E-state index is 12.6. The molecule has 1 amide bonds. The quantitative estimate of drug-likeness (QED) is 0.907. The van der Waals surface area contributed by atoms with Gasteiger partial charge in [-0.15, -0.1) is 0 Å². The molecule has 6 heteroatoms. The van der Waals surface area contributed by atoms with Crippen molar-refractivity contribution in [2.24, 2.45) is 0 Å². The number of carbonyl (C=O) groups excluding carboxylic acids is 1. The topological polar surface area (TPSA) is 72.7 Å². The van der Waals surface area contributed by atoms with Crippen LogP contribution in [0.25, 0.3) is 5.95 Å². The van der Waals surface area contributed by atoms with Crippen LogP contribution < -0.4 is 5.32 Å². The van der Waals surface area contributed by atoms with E-state index in [0.29, 0.717) is 12.4 Å². The zero-order valence-electron chi connectivity index (χ0n) is 15.8. The Hall–Kier alpha value is -2.24. The molecule has 2 aromatic heterocycles. The van der Waals surface area contributed by atoms with E-state index in [2.05, 4.69) is 27.3 Å². The summed E-state index contributed by atoms with van der Waals surface area (Å²) in [6.07, 6.45) is 4.72. The van der Waals surface area contributed by atoms with Crippen molar-refractivity contribution in [3.05, 3.63) is 34.4 Å². The highest BCUT2D eigenvalue weighted by molar-refractivity contribution is 5.80. The lowest BCUT2D eigenvalue weighted by Gasteiger charge is -2.42. The van der Waals surface area contributed by atoms with E-state index >= 15 is 0 Å². The summed E-state index contributed by atoms with van der Waals surface area (Å²) in [7, 11) is 0. The van der Waals surface area contributed by atoms with Gasteiger partial charge in [0.2, 0.25) is 5.91 Å². The average molecular weight is 341 g/mol. The molecule has 1 N–H and O–H groups in total. The molecule has 25 heavy (non-hydrogen) atoms. The van der Waals surface area contributed by atoms with E-state index < -0.39 is 0 Å². The number of amides is 1. The molecule has 0 unspecified atom stereocenters. The van der Waals surface area contributed by atoms with E-state index in [-0.39, 0.29) is 11.4 Å². The van der Waals surface area contributed by atoms with Gasteiger partial charge in [-0.3, -0.25) is 4.79 Å². The van der Waals surface area contributed by atoms with Crippen molar-refractivity contribution in [2.45, 2.75) is 72.3 Å². The van der Waals surface area contributed by atoms with Crippen LogP contribution in [0.3, 0.4) is 0 Å². The Morgan fingerprint density at radius 2 is 1.84 bits per heavy atom. The van der Waals surface area contributed by atoms with Crippen molar-refractivity contribution in [3.8, 4) is 5.95 Å². The summed E-state index contributed by atoms with van der Waals surface area (Å²) in [6, 6.07) is 1.94. The van der Waals surface area contributed by atoms with Gasteiger partial charge < -0.3 is 5.32 Å². The van der Waals surface area contributed by atoms with Crippen molar-refractivity contribution in [2.75, 3.05) is 0 Å². The highest BCUT2D eigenvalue weighted by Gasteiger charge is 2.36. The molecule has 134 valence electrons. The van der Waals surface area contributed by atoms with E-state index in [9.17, 15) is 4.79 Å². The second-order valence-electron chi connectivity index (χ2n) is 7.22. The number of aryl methyl sites for hydroxylation is 3. The van der Waals surface area contributed by atoms with Crippen molar-refractivity contribution in [1.29, 1.82) is 0 Å². The van der Waals surface area contributed by atoms with Gasteiger partial charge in [-0.05, 0) is 59.4 Å². The van der Waals surface area contributed by atoms with Crippen molar-refractivity contribution >= 4 is 5.91 Å². The molecule has 0 spiro atoms. The van der Waals surface area contributed by atoms with Crippen LogP contribution in [0.15, 0.2) is 6.07 Å². The number of nitrogens with one attached hydrogen (secondary N) is 1. The zero-order chi connectivity index (χ0) is 18.2. The fraction of sp³-hybridized carbons (Fsp3) is 0.579. The van der Waals surface area contributed by atoms with Crippen LogP contribution in [0.5, 0.6) is 0 Å². The lowest BCUT2D eigenvalue weighted by atomic mass is 9.74. The molecular weight excluding hydrogens is 314 g/mol. The Morgan fingerprint density at radius 1 is 1.20 bits per heavy atom. The number of hydrogen-bond donors (Lipinski definition) is 1. The lowest BCUT2D eigenvalue weighted by molar-refractivity contribution is -0.123. The van der Waals surface area contributed by atoms with Crippen LogP contribution in [0.1, 0.15) is 60.9 Å². The Bertz CT molecular complexity index is 779. The molecule has 0 aromatic carbocycles. The molecule has 6 nitrogen and oxygen atoms in total. The Balaban J connectivity index is 1.83. The minimum atomic E-state index is 0.0195. The van der Waals surface area contributed by atoms with Crippen molar-refractivity contribution < 1.29 is 4.79 Å². The minimum absolute atomic E-state index is 0.0195. The summed E-state index contributed by atoms with van der Waals surface area (Å²) < 4.78 is 1.75. The Morgan fingerprint density at radius 3 is 2.36 bits per heavy atom. The molecule has 0 bridgehead atoms. The third kappa shape index (κ3) is 3.43. The van der Waals surface area contributed by atoms with Crippen LogP contribution in [-0.2, 0) is 11.2 Å². The fourth-order valence-electron chi connectivity index (χ4n) is 3.60. The summed E-state index contributed by atoms with van der Waals surface area (Å²) in [4.78, 5) is 21.5. The van der Waals surface area contributed by atoms with E-state index in [0.717, 1.165) is 47.6 Å². The molecule has 2 aromatic rings. The maximum Gasteiger partial charge on any atom is 0.251 e. The van der Waals surface area contributed by atoms with E-state index in [1.165, 1.54) is 6.42 Å². The van der Waals surface area contributed by atoms with Crippen LogP contribution in [0, 0.1) is 27.7 Å². The number of rotatable bonds is 5. The second-order valence-corrected chi connectivity index (χ2v) is 7.22. The standard InChI is InChI=1S/C19H27N5O/c1-6-19(8-7-9-19)22-17(25)11-16-14(4)23-24(15(16)5)18-20-12(2)10-13(3)21-18/h10H,6-9,11H2,1-5H3,(H,22,25). The summed E-state index contributed by atoms with van der Waals surface area (Å²) in [5, 5.41) is 7.82. The van der Waals surface area contributed by atoms with Gasteiger partial charge in [0.15, 0.2) is 0 Å². The Kier molecular flexibility index (Phi) is 4.62. The number of nitrogens with zero attached hydrogens (tertiary/aromatic N) is 4.